The molecule has 1 unspecified atom stereocenters. The Morgan fingerprint density at radius 2 is 2.10 bits per heavy atom. The first kappa shape index (κ1) is 13.9. The highest BCUT2D eigenvalue weighted by atomic mass is 19.2. The number of primary amides is 1. The van der Waals surface area contributed by atoms with E-state index in [1.165, 1.54) is 6.07 Å². The normalized spacial score (nSPS) is 19.2. The van der Waals surface area contributed by atoms with Gasteiger partial charge in [0.15, 0.2) is 11.6 Å². The zero-order chi connectivity index (χ0) is 15.0. The minimum Gasteiger partial charge on any atom is -0.369 e. The van der Waals surface area contributed by atoms with Crippen molar-refractivity contribution < 1.29 is 13.6 Å². The molecule has 2 N–H and O–H groups in total. The molecule has 6 heteroatoms. The molecular formula is C15H15F2N3O. The van der Waals surface area contributed by atoms with Crippen LogP contribution in [0.5, 0.6) is 0 Å². The lowest BCUT2D eigenvalue weighted by Gasteiger charge is -2.15. The Morgan fingerprint density at radius 3 is 2.81 bits per heavy atom. The van der Waals surface area contributed by atoms with Crippen LogP contribution in [0.25, 0.3) is 10.9 Å². The third kappa shape index (κ3) is 2.71. The topological polar surface area (TPSA) is 59.2 Å². The molecule has 1 fully saturated rings. The highest BCUT2D eigenvalue weighted by Crippen LogP contribution is 2.21. The largest absolute Gasteiger partial charge is 0.369 e. The van der Waals surface area contributed by atoms with Crippen LogP contribution < -0.4 is 5.73 Å². The van der Waals surface area contributed by atoms with Crippen molar-refractivity contribution >= 4 is 16.8 Å². The molecule has 1 aliphatic rings. The van der Waals surface area contributed by atoms with E-state index in [0.29, 0.717) is 24.2 Å². The van der Waals surface area contributed by atoms with Gasteiger partial charge < -0.3 is 5.73 Å². The summed E-state index contributed by atoms with van der Waals surface area (Å²) in [7, 11) is 0. The van der Waals surface area contributed by atoms with Crippen molar-refractivity contribution in [2.24, 2.45) is 11.7 Å². The van der Waals surface area contributed by atoms with Gasteiger partial charge in [0.2, 0.25) is 5.91 Å². The van der Waals surface area contributed by atoms with Crippen molar-refractivity contribution in [3.8, 4) is 0 Å². The molecule has 1 aliphatic heterocycles. The van der Waals surface area contributed by atoms with Crippen molar-refractivity contribution in [2.75, 3.05) is 13.1 Å². The van der Waals surface area contributed by atoms with E-state index >= 15 is 0 Å². The molecule has 110 valence electrons. The number of likely N-dealkylation sites (tertiary alicyclic amines) is 1. The van der Waals surface area contributed by atoms with Gasteiger partial charge in [0.05, 0.1) is 11.6 Å². The van der Waals surface area contributed by atoms with Crippen LogP contribution in [0.2, 0.25) is 0 Å². The Balaban J connectivity index is 1.82. The second-order valence-electron chi connectivity index (χ2n) is 5.36. The molecular weight excluding hydrogens is 276 g/mol. The van der Waals surface area contributed by atoms with E-state index in [1.54, 1.807) is 12.1 Å². The number of pyridine rings is 1. The molecule has 4 nitrogen and oxygen atoms in total. The van der Waals surface area contributed by atoms with Gasteiger partial charge in [-0.3, -0.25) is 9.69 Å². The number of nitrogens with two attached hydrogens (primary N) is 1. The average Bonchev–Trinajstić information content (AvgIpc) is 2.92. The minimum absolute atomic E-state index is 0.0400. The van der Waals surface area contributed by atoms with Gasteiger partial charge in [0.25, 0.3) is 0 Å². The van der Waals surface area contributed by atoms with Gasteiger partial charge in [-0.2, -0.15) is 0 Å². The number of nitrogens with zero attached hydrogens (tertiary/aromatic N) is 2. The Labute approximate surface area is 120 Å². The van der Waals surface area contributed by atoms with Crippen molar-refractivity contribution in [2.45, 2.75) is 13.0 Å². The molecule has 1 amide bonds. The van der Waals surface area contributed by atoms with E-state index < -0.39 is 11.6 Å². The summed E-state index contributed by atoms with van der Waals surface area (Å²) in [6.45, 7) is 1.83. The molecule has 1 aromatic heterocycles. The molecule has 21 heavy (non-hydrogen) atoms. The molecule has 0 spiro atoms. The molecule has 0 aliphatic carbocycles. The zero-order valence-corrected chi connectivity index (χ0v) is 11.4. The summed E-state index contributed by atoms with van der Waals surface area (Å²) in [5.74, 6) is -2.26. The fourth-order valence-corrected chi connectivity index (χ4v) is 2.70. The second-order valence-corrected chi connectivity index (χ2v) is 5.36. The van der Waals surface area contributed by atoms with Crippen molar-refractivity contribution in [1.29, 1.82) is 0 Å². The lowest BCUT2D eigenvalue weighted by Crippen LogP contribution is -2.27. The van der Waals surface area contributed by atoms with E-state index in [0.717, 1.165) is 19.0 Å². The van der Waals surface area contributed by atoms with Crippen LogP contribution in [-0.2, 0) is 11.3 Å². The number of hydrogen-bond acceptors (Lipinski definition) is 3. The fraction of sp³-hybridized carbons (Fsp3) is 0.333. The van der Waals surface area contributed by atoms with Gasteiger partial charge >= 0.3 is 0 Å². The molecule has 0 radical (unpaired) electrons. The lowest BCUT2D eigenvalue weighted by molar-refractivity contribution is -0.121. The van der Waals surface area contributed by atoms with Gasteiger partial charge in [0, 0.05) is 18.5 Å². The van der Waals surface area contributed by atoms with E-state index in [9.17, 15) is 13.6 Å². The van der Waals surface area contributed by atoms with Crippen LogP contribution >= 0.6 is 0 Å². The first-order valence-corrected chi connectivity index (χ1v) is 6.80. The fourth-order valence-electron chi connectivity index (χ4n) is 2.70. The molecule has 0 bridgehead atoms. The number of rotatable bonds is 3. The number of aromatic nitrogens is 1. The van der Waals surface area contributed by atoms with Crippen molar-refractivity contribution in [1.82, 2.24) is 9.88 Å². The number of benzene rings is 1. The standard InChI is InChI=1S/C15H15F2N3O/c16-12-4-2-9-1-3-11(19-14(9)13(12)17)8-20-6-5-10(7-20)15(18)21/h1-4,10H,5-8H2,(H2,18,21). The highest BCUT2D eigenvalue weighted by molar-refractivity contribution is 5.79. The zero-order valence-electron chi connectivity index (χ0n) is 11.4. The quantitative estimate of drug-likeness (QED) is 0.938. The monoisotopic (exact) mass is 291 g/mol. The first-order chi connectivity index (χ1) is 10.0. The summed E-state index contributed by atoms with van der Waals surface area (Å²) >= 11 is 0. The molecule has 1 aromatic carbocycles. The Hall–Kier alpha value is -2.08. The number of halogens is 2. The third-order valence-electron chi connectivity index (χ3n) is 3.87. The summed E-state index contributed by atoms with van der Waals surface area (Å²) in [6, 6.07) is 6.11. The van der Waals surface area contributed by atoms with Crippen LogP contribution in [0.3, 0.4) is 0 Å². The maximum absolute atomic E-state index is 13.7. The minimum atomic E-state index is -0.925. The van der Waals surface area contributed by atoms with Crippen LogP contribution in [0, 0.1) is 17.6 Å². The molecule has 3 rings (SSSR count). The molecule has 1 saturated heterocycles. The first-order valence-electron chi connectivity index (χ1n) is 6.80. The number of fused-ring (bicyclic) bond motifs is 1. The number of carbonyl (C=O) groups is 1. The second kappa shape index (κ2) is 5.37. The van der Waals surface area contributed by atoms with Crippen molar-refractivity contribution in [3.63, 3.8) is 0 Å². The predicted molar refractivity (Wildman–Crippen MR) is 74.2 cm³/mol. The van der Waals surface area contributed by atoms with Crippen LogP contribution in [-0.4, -0.2) is 28.9 Å². The summed E-state index contributed by atoms with van der Waals surface area (Å²) < 4.78 is 27.0. The van der Waals surface area contributed by atoms with Crippen molar-refractivity contribution in [3.05, 3.63) is 41.6 Å². The summed E-state index contributed by atoms with van der Waals surface area (Å²) in [6.07, 6.45) is 0.728. The van der Waals surface area contributed by atoms with Gasteiger partial charge in [-0.05, 0) is 31.2 Å². The summed E-state index contributed by atoms with van der Waals surface area (Å²) in [4.78, 5) is 17.4. The summed E-state index contributed by atoms with van der Waals surface area (Å²) in [5, 5.41) is 0.564. The summed E-state index contributed by atoms with van der Waals surface area (Å²) in [5.41, 5.74) is 5.98. The molecule has 2 aromatic rings. The van der Waals surface area contributed by atoms with Gasteiger partial charge in [-0.15, -0.1) is 0 Å². The van der Waals surface area contributed by atoms with E-state index in [2.05, 4.69) is 4.98 Å². The Bertz CT molecular complexity index is 705. The maximum atomic E-state index is 13.7. The van der Waals surface area contributed by atoms with E-state index in [4.69, 9.17) is 5.73 Å². The van der Waals surface area contributed by atoms with E-state index in [1.807, 2.05) is 4.90 Å². The highest BCUT2D eigenvalue weighted by Gasteiger charge is 2.26. The van der Waals surface area contributed by atoms with Crippen LogP contribution in [0.4, 0.5) is 8.78 Å². The number of hydrogen-bond donors (Lipinski definition) is 1. The van der Waals surface area contributed by atoms with E-state index in [-0.39, 0.29) is 17.3 Å². The molecule has 0 saturated carbocycles. The molecule has 2 heterocycles. The lowest BCUT2D eigenvalue weighted by atomic mass is 10.1. The number of amides is 1. The Kier molecular flexibility index (Phi) is 3.55. The third-order valence-corrected chi connectivity index (χ3v) is 3.87. The van der Waals surface area contributed by atoms with Crippen LogP contribution in [0.1, 0.15) is 12.1 Å². The maximum Gasteiger partial charge on any atom is 0.221 e. The predicted octanol–water partition coefficient (Wildman–Crippen LogP) is 1.82. The van der Waals surface area contributed by atoms with Gasteiger partial charge in [-0.1, -0.05) is 6.07 Å². The molecule has 1 atom stereocenters. The van der Waals surface area contributed by atoms with Gasteiger partial charge in [0.1, 0.15) is 5.52 Å². The SMILES string of the molecule is NC(=O)C1CCN(Cc2ccc3ccc(F)c(F)c3n2)C1. The number of carbonyl (C=O) groups excluding carboxylic acids is 1. The van der Waals surface area contributed by atoms with Gasteiger partial charge in [-0.25, -0.2) is 13.8 Å². The average molecular weight is 291 g/mol. The van der Waals surface area contributed by atoms with Crippen LogP contribution in [0.15, 0.2) is 24.3 Å². The Morgan fingerprint density at radius 1 is 1.33 bits per heavy atom. The smallest absolute Gasteiger partial charge is 0.221 e.